The van der Waals surface area contributed by atoms with Crippen LogP contribution in [0.4, 0.5) is 10.7 Å². The van der Waals surface area contributed by atoms with Gasteiger partial charge in [-0.05, 0) is 81.3 Å². The minimum Gasteiger partial charge on any atom is -0.352 e. The summed E-state index contributed by atoms with van der Waals surface area (Å²) in [5.41, 5.74) is 4.22. The Morgan fingerprint density at radius 3 is 2.76 bits per heavy atom. The van der Waals surface area contributed by atoms with Gasteiger partial charge in [-0.2, -0.15) is 0 Å². The van der Waals surface area contributed by atoms with Gasteiger partial charge in [0, 0.05) is 35.7 Å². The van der Waals surface area contributed by atoms with E-state index in [-0.39, 0.29) is 17.7 Å². The lowest BCUT2D eigenvalue weighted by Crippen LogP contribution is -2.28. The van der Waals surface area contributed by atoms with Crippen molar-refractivity contribution in [3.05, 3.63) is 40.0 Å². The van der Waals surface area contributed by atoms with Crippen LogP contribution in [-0.2, 0) is 17.6 Å². The number of hydrogen-bond acceptors (Lipinski definition) is 5. The molecule has 3 aliphatic carbocycles. The monoisotopic (exact) mass is 481 g/mol. The molecule has 0 unspecified atom stereocenters. The number of thiocarbonyl (C=S) groups is 1. The first-order valence-corrected chi connectivity index (χ1v) is 12.7. The zero-order chi connectivity index (χ0) is 22.9. The predicted molar refractivity (Wildman–Crippen MR) is 135 cm³/mol. The van der Waals surface area contributed by atoms with E-state index in [4.69, 9.17) is 12.2 Å². The molecule has 2 heterocycles. The van der Waals surface area contributed by atoms with E-state index in [1.807, 2.05) is 19.1 Å². The van der Waals surface area contributed by atoms with Crippen molar-refractivity contribution in [2.24, 2.45) is 16.8 Å². The van der Waals surface area contributed by atoms with Gasteiger partial charge in [0.25, 0.3) is 5.91 Å². The lowest BCUT2D eigenvalue weighted by atomic mass is 9.93. The molecule has 2 saturated carbocycles. The first-order valence-electron chi connectivity index (χ1n) is 11.5. The molecule has 9 heteroatoms. The lowest BCUT2D eigenvalue weighted by molar-refractivity contribution is -0.117. The molecule has 33 heavy (non-hydrogen) atoms. The Balaban J connectivity index is 1.36. The molecule has 7 nitrogen and oxygen atoms in total. The van der Waals surface area contributed by atoms with Crippen LogP contribution in [0.3, 0.4) is 0 Å². The molecule has 2 fully saturated rings. The summed E-state index contributed by atoms with van der Waals surface area (Å²) in [7, 11) is 0. The Morgan fingerprint density at radius 2 is 2.03 bits per heavy atom. The van der Waals surface area contributed by atoms with Crippen LogP contribution in [0.2, 0.25) is 0 Å². The van der Waals surface area contributed by atoms with Crippen molar-refractivity contribution in [2.45, 2.75) is 51.9 Å². The highest BCUT2D eigenvalue weighted by atomic mass is 32.1. The molecule has 172 valence electrons. The summed E-state index contributed by atoms with van der Waals surface area (Å²) in [6.45, 7) is 2.61. The minimum atomic E-state index is -0.0987. The van der Waals surface area contributed by atoms with Gasteiger partial charge in [0.1, 0.15) is 5.00 Å². The van der Waals surface area contributed by atoms with Crippen LogP contribution < -0.4 is 16.0 Å². The average Bonchev–Trinajstić information content (AvgIpc) is 3.70. The summed E-state index contributed by atoms with van der Waals surface area (Å²) in [5.74, 6) is 0.599. The van der Waals surface area contributed by atoms with Crippen LogP contribution in [-0.4, -0.2) is 34.2 Å². The second-order valence-electron chi connectivity index (χ2n) is 9.05. The molecule has 0 aliphatic heterocycles. The van der Waals surface area contributed by atoms with Crippen molar-refractivity contribution >= 4 is 56.9 Å². The number of rotatable bonds is 6. The van der Waals surface area contributed by atoms with E-state index in [1.165, 1.54) is 24.2 Å². The van der Waals surface area contributed by atoms with Crippen LogP contribution in [0.5, 0.6) is 0 Å². The first-order chi connectivity index (χ1) is 16.0. The van der Waals surface area contributed by atoms with Gasteiger partial charge in [0.2, 0.25) is 5.91 Å². The zero-order valence-electron chi connectivity index (χ0n) is 18.6. The summed E-state index contributed by atoms with van der Waals surface area (Å²) in [6, 6.07) is 3.77. The fourth-order valence-corrected chi connectivity index (χ4v) is 5.44. The van der Waals surface area contributed by atoms with Crippen molar-refractivity contribution in [3.8, 4) is 0 Å². The van der Waals surface area contributed by atoms with Gasteiger partial charge >= 0.3 is 0 Å². The Hall–Kier alpha value is -2.65. The van der Waals surface area contributed by atoms with Gasteiger partial charge in [-0.25, -0.2) is 4.99 Å². The molecule has 2 aromatic heterocycles. The number of aliphatic imine (C=N–C) groups is 1. The molecule has 0 atom stereocenters. The Morgan fingerprint density at radius 1 is 1.21 bits per heavy atom. The van der Waals surface area contributed by atoms with Crippen LogP contribution in [0, 0.1) is 18.8 Å². The number of nitrogens with one attached hydrogen (secondary N) is 3. The molecule has 5 rings (SSSR count). The highest BCUT2D eigenvalue weighted by Gasteiger charge is 2.33. The number of carbonyl (C=O) groups is 2. The maximum absolute atomic E-state index is 13.2. The highest BCUT2D eigenvalue weighted by Crippen LogP contribution is 2.39. The van der Waals surface area contributed by atoms with Crippen LogP contribution in [0.1, 0.15) is 58.6 Å². The van der Waals surface area contributed by atoms with E-state index in [2.05, 4.69) is 25.9 Å². The number of carbonyl (C=O) groups excluding carboxylic acids is 2. The number of fused-ring (bicyclic) bond motifs is 1. The number of hydrogen-bond donors (Lipinski definition) is 3. The van der Waals surface area contributed by atoms with Gasteiger partial charge < -0.3 is 16.0 Å². The second-order valence-corrected chi connectivity index (χ2v) is 10.5. The van der Waals surface area contributed by atoms with E-state index in [0.717, 1.165) is 53.2 Å². The Kier molecular flexibility index (Phi) is 6.25. The quantitative estimate of drug-likeness (QED) is 0.536. The van der Waals surface area contributed by atoms with Gasteiger partial charge in [0.15, 0.2) is 5.11 Å². The fraction of sp³-hybridized carbons (Fsp3) is 0.458. The number of pyridine rings is 1. The topological polar surface area (TPSA) is 95.5 Å². The average molecular weight is 482 g/mol. The summed E-state index contributed by atoms with van der Waals surface area (Å²) >= 11 is 7.01. The van der Waals surface area contributed by atoms with E-state index in [1.54, 1.807) is 6.20 Å². The van der Waals surface area contributed by atoms with Gasteiger partial charge in [-0.3, -0.25) is 14.6 Å². The maximum atomic E-state index is 13.2. The van der Waals surface area contributed by atoms with Crippen molar-refractivity contribution in [3.63, 3.8) is 0 Å². The van der Waals surface area contributed by atoms with Crippen molar-refractivity contribution in [1.29, 1.82) is 0 Å². The number of amides is 2. The van der Waals surface area contributed by atoms with E-state index >= 15 is 0 Å². The van der Waals surface area contributed by atoms with Crippen LogP contribution in [0.15, 0.2) is 23.3 Å². The van der Waals surface area contributed by atoms with E-state index in [9.17, 15) is 9.59 Å². The molecule has 0 bridgehead atoms. The number of aryl methyl sites for hydroxylation is 2. The van der Waals surface area contributed by atoms with Gasteiger partial charge in [-0.15, -0.1) is 11.3 Å². The summed E-state index contributed by atoms with van der Waals surface area (Å²) < 4.78 is 0. The number of nitrogens with zero attached hydrogens (tertiary/aromatic N) is 2. The molecule has 3 N–H and O–H groups in total. The zero-order valence-corrected chi connectivity index (χ0v) is 20.2. The number of aromatic nitrogens is 1. The van der Waals surface area contributed by atoms with E-state index < -0.39 is 0 Å². The van der Waals surface area contributed by atoms with Crippen LogP contribution >= 0.6 is 23.6 Å². The van der Waals surface area contributed by atoms with Gasteiger partial charge in [-0.1, -0.05) is 0 Å². The third-order valence-electron chi connectivity index (χ3n) is 6.28. The summed E-state index contributed by atoms with van der Waals surface area (Å²) in [4.78, 5) is 35.7. The molecule has 0 spiro atoms. The predicted octanol–water partition coefficient (Wildman–Crippen LogP) is 4.27. The van der Waals surface area contributed by atoms with Crippen molar-refractivity contribution in [2.75, 3.05) is 17.2 Å². The van der Waals surface area contributed by atoms with E-state index in [0.29, 0.717) is 34.6 Å². The molecule has 0 radical (unpaired) electrons. The van der Waals surface area contributed by atoms with Crippen molar-refractivity contribution in [1.82, 2.24) is 10.3 Å². The van der Waals surface area contributed by atoms with Crippen molar-refractivity contribution < 1.29 is 9.59 Å². The Labute approximate surface area is 202 Å². The number of anilines is 2. The van der Waals surface area contributed by atoms with Gasteiger partial charge in [0.05, 0.1) is 16.9 Å². The molecule has 2 amide bonds. The number of thiophene rings is 1. The minimum absolute atomic E-state index is 0.0240. The Bertz CT molecular complexity index is 1150. The molecular weight excluding hydrogens is 454 g/mol. The van der Waals surface area contributed by atoms with Crippen LogP contribution in [0.25, 0.3) is 0 Å². The normalized spacial score (nSPS) is 18.5. The molecule has 2 aromatic rings. The standard InChI is InChI=1S/C24H27N5O2S2/c1-13-18(3-2-10-25-13)28-24(32)27-16-8-9-19-17(11-16)20(22(31)26-12-14-4-5-14)23(33-19)29-21(30)15-6-7-15/h2-3,10,14-15H,4-9,11-12H2,1H3,(H,26,31)(H,28,32)(H,29,30)/b27-16+. The third-order valence-corrected chi connectivity index (χ3v) is 7.68. The third kappa shape index (κ3) is 5.30. The second kappa shape index (κ2) is 9.30. The lowest BCUT2D eigenvalue weighted by Gasteiger charge is -2.16. The summed E-state index contributed by atoms with van der Waals surface area (Å²) in [5, 5.41) is 10.4. The largest absolute Gasteiger partial charge is 0.352 e. The molecule has 0 aromatic carbocycles. The summed E-state index contributed by atoms with van der Waals surface area (Å²) in [6.07, 6.45) is 8.07. The smallest absolute Gasteiger partial charge is 0.254 e. The SMILES string of the molecule is Cc1ncccc1NC(=S)/N=C1\CCc2sc(NC(=O)C3CC3)c(C(=O)NCC3CC3)c2C1. The highest BCUT2D eigenvalue weighted by molar-refractivity contribution is 7.80. The molecule has 0 saturated heterocycles. The first kappa shape index (κ1) is 22.2. The maximum Gasteiger partial charge on any atom is 0.254 e. The molecule has 3 aliphatic rings. The molecular formula is C24H27N5O2S2. The fourth-order valence-electron chi connectivity index (χ4n) is 3.99.